The zero-order chi connectivity index (χ0) is 23.4. The highest BCUT2D eigenvalue weighted by molar-refractivity contribution is 7.93. The number of halogens is 2. The molecule has 1 unspecified atom stereocenters. The Morgan fingerprint density at radius 2 is 2.00 bits per heavy atom. The van der Waals surface area contributed by atoms with Crippen LogP contribution in [0.5, 0.6) is 11.6 Å². The number of sulfone groups is 1. The summed E-state index contributed by atoms with van der Waals surface area (Å²) < 4.78 is 62.5. The maximum atomic E-state index is 14.6. The summed E-state index contributed by atoms with van der Waals surface area (Å²) in [5.41, 5.74) is -0.182. The summed E-state index contributed by atoms with van der Waals surface area (Å²) in [7, 11) is -2.05. The zero-order valence-electron chi connectivity index (χ0n) is 17.5. The fraction of sp³-hybridized carbons (Fsp3) is 0.381. The van der Waals surface area contributed by atoms with E-state index >= 15 is 0 Å². The molecule has 0 spiro atoms. The number of nitrogens with zero attached hydrogens (tertiary/aromatic N) is 2. The molecule has 1 aliphatic rings. The minimum Gasteiger partial charge on any atom is -0.438 e. The number of amides is 1. The van der Waals surface area contributed by atoms with Gasteiger partial charge in [0.1, 0.15) is 11.3 Å². The van der Waals surface area contributed by atoms with Crippen LogP contribution in [0.4, 0.5) is 8.78 Å². The molecule has 1 aliphatic carbocycles. The molecule has 172 valence electrons. The first-order valence-corrected chi connectivity index (χ1v) is 11.7. The van der Waals surface area contributed by atoms with E-state index in [9.17, 15) is 22.0 Å². The predicted octanol–water partition coefficient (Wildman–Crippen LogP) is 3.07. The lowest BCUT2D eigenvalue weighted by molar-refractivity contribution is -0.0379. The second-order valence-electron chi connectivity index (χ2n) is 7.42. The van der Waals surface area contributed by atoms with Crippen molar-refractivity contribution in [1.29, 1.82) is 0 Å². The molecule has 1 fully saturated rings. The fourth-order valence-corrected chi connectivity index (χ4v) is 3.27. The maximum Gasteiger partial charge on any atom is 0.309 e. The molecule has 0 saturated heterocycles. The molecule has 32 heavy (non-hydrogen) atoms. The van der Waals surface area contributed by atoms with Gasteiger partial charge in [-0.25, -0.2) is 13.4 Å². The van der Waals surface area contributed by atoms with E-state index < -0.39 is 39.5 Å². The molecule has 1 saturated carbocycles. The van der Waals surface area contributed by atoms with E-state index in [2.05, 4.69) is 15.3 Å². The van der Waals surface area contributed by atoms with E-state index in [1.165, 1.54) is 13.2 Å². The first-order valence-electron chi connectivity index (χ1n) is 9.76. The zero-order valence-corrected chi connectivity index (χ0v) is 18.3. The van der Waals surface area contributed by atoms with Crippen molar-refractivity contribution < 1.29 is 31.5 Å². The number of aromatic nitrogens is 2. The van der Waals surface area contributed by atoms with E-state index in [1.54, 1.807) is 30.3 Å². The van der Waals surface area contributed by atoms with Gasteiger partial charge in [-0.2, -0.15) is 13.8 Å². The number of nitrogens with one attached hydrogen (secondary N) is 1. The SMILES string of the molecule is COCC(/C=C/S(C)(=O)=O)NC(=O)c1cnc(C(F)(F)C2CC2)nc1Oc1ccccc1. The van der Waals surface area contributed by atoms with Gasteiger partial charge >= 0.3 is 5.92 Å². The molecule has 1 N–H and O–H groups in total. The van der Waals surface area contributed by atoms with Gasteiger partial charge in [0.15, 0.2) is 9.84 Å². The van der Waals surface area contributed by atoms with Gasteiger partial charge in [0.05, 0.1) is 12.6 Å². The number of benzene rings is 1. The van der Waals surface area contributed by atoms with Crippen molar-refractivity contribution >= 4 is 15.7 Å². The van der Waals surface area contributed by atoms with Crippen LogP contribution in [0.2, 0.25) is 0 Å². The van der Waals surface area contributed by atoms with Crippen LogP contribution >= 0.6 is 0 Å². The third-order valence-corrected chi connectivity index (χ3v) is 5.22. The Hall–Kier alpha value is -2.92. The third kappa shape index (κ3) is 6.30. The summed E-state index contributed by atoms with van der Waals surface area (Å²) in [5.74, 6) is -5.56. The molecule has 0 radical (unpaired) electrons. The predicted molar refractivity (Wildman–Crippen MR) is 112 cm³/mol. The van der Waals surface area contributed by atoms with Crippen LogP contribution in [-0.4, -0.2) is 50.3 Å². The molecular formula is C21H23F2N3O5S. The molecular weight excluding hydrogens is 444 g/mol. The monoisotopic (exact) mass is 467 g/mol. The maximum absolute atomic E-state index is 14.6. The molecule has 1 amide bonds. The highest BCUT2D eigenvalue weighted by atomic mass is 32.2. The summed E-state index contributed by atoms with van der Waals surface area (Å²) in [6.45, 7) is -0.0225. The van der Waals surface area contributed by atoms with Crippen LogP contribution in [0.25, 0.3) is 0 Å². The van der Waals surface area contributed by atoms with Crippen LogP contribution in [0.1, 0.15) is 29.0 Å². The second kappa shape index (κ2) is 9.70. The molecule has 0 aliphatic heterocycles. The molecule has 1 aromatic heterocycles. The van der Waals surface area contributed by atoms with Crippen LogP contribution in [0.15, 0.2) is 48.0 Å². The molecule has 11 heteroatoms. The van der Waals surface area contributed by atoms with E-state index in [-0.39, 0.29) is 18.1 Å². The minimum atomic E-state index is -3.43. The summed E-state index contributed by atoms with van der Waals surface area (Å²) in [4.78, 5) is 20.5. The van der Waals surface area contributed by atoms with Crippen molar-refractivity contribution in [3.63, 3.8) is 0 Å². The summed E-state index contributed by atoms with van der Waals surface area (Å²) in [6.07, 6.45) is 3.99. The largest absolute Gasteiger partial charge is 0.438 e. The van der Waals surface area contributed by atoms with Gasteiger partial charge in [0.2, 0.25) is 11.7 Å². The number of hydrogen-bond acceptors (Lipinski definition) is 7. The number of hydrogen-bond donors (Lipinski definition) is 1. The molecule has 2 aromatic rings. The molecule has 1 heterocycles. The first-order chi connectivity index (χ1) is 15.1. The Kier molecular flexibility index (Phi) is 7.19. The number of rotatable bonds is 10. The number of para-hydroxylation sites is 1. The Morgan fingerprint density at radius 3 is 2.59 bits per heavy atom. The lowest BCUT2D eigenvalue weighted by Gasteiger charge is -2.18. The summed E-state index contributed by atoms with van der Waals surface area (Å²) >= 11 is 0. The quantitative estimate of drug-likeness (QED) is 0.572. The Labute approximate surface area is 184 Å². The summed E-state index contributed by atoms with van der Waals surface area (Å²) in [6, 6.07) is 7.48. The van der Waals surface area contributed by atoms with E-state index in [4.69, 9.17) is 9.47 Å². The van der Waals surface area contributed by atoms with Crippen molar-refractivity contribution in [3.05, 3.63) is 59.4 Å². The van der Waals surface area contributed by atoms with Crippen molar-refractivity contribution in [2.24, 2.45) is 5.92 Å². The third-order valence-electron chi connectivity index (χ3n) is 4.57. The molecule has 1 atom stereocenters. The van der Waals surface area contributed by atoms with Gasteiger partial charge in [-0.05, 0) is 31.1 Å². The van der Waals surface area contributed by atoms with Crippen molar-refractivity contribution in [1.82, 2.24) is 15.3 Å². The standard InChI is InChI=1S/C21H23F2N3O5S/c1-30-13-15(10-11-32(2,28)29)25-18(27)17-12-24-20(21(22,23)14-8-9-14)26-19(17)31-16-6-4-3-5-7-16/h3-7,10-12,14-15H,8-9,13H2,1-2H3,(H,25,27)/b11-10+. The number of alkyl halides is 2. The van der Waals surface area contributed by atoms with Gasteiger partial charge in [0.25, 0.3) is 5.91 Å². The van der Waals surface area contributed by atoms with Crippen molar-refractivity contribution in [2.45, 2.75) is 24.8 Å². The Balaban J connectivity index is 1.92. The minimum absolute atomic E-state index is 0.0225. The highest BCUT2D eigenvalue weighted by Crippen LogP contribution is 2.48. The van der Waals surface area contributed by atoms with Gasteiger partial charge in [-0.1, -0.05) is 18.2 Å². The normalized spacial score (nSPS) is 15.5. The number of carbonyl (C=O) groups is 1. The Bertz CT molecular complexity index is 1090. The highest BCUT2D eigenvalue weighted by Gasteiger charge is 2.50. The van der Waals surface area contributed by atoms with Crippen LogP contribution in [0.3, 0.4) is 0 Å². The van der Waals surface area contributed by atoms with E-state index in [1.807, 2.05) is 0 Å². The van der Waals surface area contributed by atoms with Crippen molar-refractivity contribution in [3.8, 4) is 11.6 Å². The molecule has 8 nitrogen and oxygen atoms in total. The lowest BCUT2D eigenvalue weighted by atomic mass is 10.2. The second-order valence-corrected chi connectivity index (χ2v) is 9.35. The number of methoxy groups -OCH3 is 1. The Morgan fingerprint density at radius 1 is 1.31 bits per heavy atom. The van der Waals surface area contributed by atoms with Gasteiger partial charge in [-0.15, -0.1) is 0 Å². The van der Waals surface area contributed by atoms with Gasteiger partial charge in [0, 0.05) is 30.9 Å². The lowest BCUT2D eigenvalue weighted by Crippen LogP contribution is -2.37. The van der Waals surface area contributed by atoms with Crippen molar-refractivity contribution in [2.75, 3.05) is 20.0 Å². The van der Waals surface area contributed by atoms with Gasteiger partial charge < -0.3 is 14.8 Å². The van der Waals surface area contributed by atoms with E-state index in [0.717, 1.165) is 17.9 Å². The average Bonchev–Trinajstić information content (AvgIpc) is 3.58. The molecule has 3 rings (SSSR count). The number of carbonyl (C=O) groups excluding carboxylic acids is 1. The first kappa shape index (κ1) is 23.7. The topological polar surface area (TPSA) is 107 Å². The van der Waals surface area contributed by atoms with Crippen LogP contribution in [0, 0.1) is 5.92 Å². The number of ether oxygens (including phenoxy) is 2. The molecule has 0 bridgehead atoms. The van der Waals surface area contributed by atoms with Crippen LogP contribution < -0.4 is 10.1 Å². The smallest absolute Gasteiger partial charge is 0.309 e. The van der Waals surface area contributed by atoms with Crippen LogP contribution in [-0.2, 0) is 20.5 Å². The molecule has 1 aromatic carbocycles. The average molecular weight is 467 g/mol. The van der Waals surface area contributed by atoms with Gasteiger partial charge in [-0.3, -0.25) is 4.79 Å². The summed E-state index contributed by atoms with van der Waals surface area (Å²) in [5, 5.41) is 3.50. The fourth-order valence-electron chi connectivity index (χ4n) is 2.80. The van der Waals surface area contributed by atoms with E-state index in [0.29, 0.717) is 18.6 Å².